The van der Waals surface area contributed by atoms with Gasteiger partial charge in [0, 0.05) is 41.9 Å². The van der Waals surface area contributed by atoms with E-state index in [9.17, 15) is 9.50 Å². The first-order valence-electron chi connectivity index (χ1n) is 12.1. The van der Waals surface area contributed by atoms with Crippen LogP contribution in [-0.2, 0) is 12.8 Å². The summed E-state index contributed by atoms with van der Waals surface area (Å²) < 4.78 is 14.0. The maximum Gasteiger partial charge on any atom is 0.227 e. The summed E-state index contributed by atoms with van der Waals surface area (Å²) in [7, 11) is 0. The molecule has 0 amide bonds. The molecule has 0 bridgehead atoms. The number of aliphatic hydroxyl groups is 1. The van der Waals surface area contributed by atoms with Crippen molar-refractivity contribution in [2.75, 3.05) is 35.7 Å². The molecule has 1 saturated carbocycles. The van der Waals surface area contributed by atoms with Crippen LogP contribution in [0.15, 0.2) is 23.1 Å². The van der Waals surface area contributed by atoms with Crippen molar-refractivity contribution in [2.24, 2.45) is 0 Å². The van der Waals surface area contributed by atoms with Gasteiger partial charge < -0.3 is 20.3 Å². The van der Waals surface area contributed by atoms with Gasteiger partial charge in [-0.2, -0.15) is 4.98 Å². The Kier molecular flexibility index (Phi) is 5.25. The Hall–Kier alpha value is -2.32. The minimum atomic E-state index is -0.198. The van der Waals surface area contributed by atoms with Gasteiger partial charge in [0.1, 0.15) is 11.6 Å². The Labute approximate surface area is 197 Å². The standard InChI is InChI=1S/C25H30FN5OS/c1-2-18-21(17-13-16(26)3-4-19(17)27-18)15-5-10-31(11-6-15)24-28-20-7-12-33-22(20)23(29-24)30-25(14-32)8-9-25/h3-4,13,15,27,32H,2,5-12,14H2,1H3,(H,28,29,30). The smallest absolute Gasteiger partial charge is 0.227 e. The van der Waals surface area contributed by atoms with Crippen LogP contribution in [0, 0.1) is 5.82 Å². The minimum absolute atomic E-state index is 0.141. The molecular formula is C25H30FN5OS. The molecule has 4 heterocycles. The SMILES string of the molecule is CCc1[nH]c2ccc(F)cc2c1C1CCN(c2nc3c(c(NC4(CO)CC4)n2)SCC3)CC1. The number of anilines is 2. The quantitative estimate of drug-likeness (QED) is 0.491. The Morgan fingerprint density at radius 3 is 2.82 bits per heavy atom. The average Bonchev–Trinajstić information content (AvgIpc) is 3.27. The van der Waals surface area contributed by atoms with Gasteiger partial charge in [0.15, 0.2) is 0 Å². The second-order valence-electron chi connectivity index (χ2n) is 9.63. The molecule has 1 aliphatic carbocycles. The number of hydrogen-bond acceptors (Lipinski definition) is 6. The van der Waals surface area contributed by atoms with Gasteiger partial charge in [-0.3, -0.25) is 0 Å². The lowest BCUT2D eigenvalue weighted by molar-refractivity contribution is 0.265. The zero-order valence-electron chi connectivity index (χ0n) is 19.0. The van der Waals surface area contributed by atoms with Crippen molar-refractivity contribution >= 4 is 34.4 Å². The van der Waals surface area contributed by atoms with Crippen LogP contribution in [0.3, 0.4) is 0 Å². The van der Waals surface area contributed by atoms with E-state index < -0.39 is 0 Å². The fourth-order valence-electron chi connectivity index (χ4n) is 5.36. The van der Waals surface area contributed by atoms with Crippen molar-refractivity contribution in [1.82, 2.24) is 15.0 Å². The first-order chi connectivity index (χ1) is 16.1. The van der Waals surface area contributed by atoms with Crippen molar-refractivity contribution in [2.45, 2.75) is 61.8 Å². The average molecular weight is 468 g/mol. The van der Waals surface area contributed by atoms with Gasteiger partial charge in [0.2, 0.25) is 5.95 Å². The highest BCUT2D eigenvalue weighted by Crippen LogP contribution is 2.44. The van der Waals surface area contributed by atoms with E-state index in [0.29, 0.717) is 5.92 Å². The Bertz CT molecular complexity index is 1200. The molecule has 33 heavy (non-hydrogen) atoms. The molecule has 6 nitrogen and oxygen atoms in total. The maximum absolute atomic E-state index is 14.0. The van der Waals surface area contributed by atoms with Gasteiger partial charge in [-0.1, -0.05) is 6.92 Å². The lowest BCUT2D eigenvalue weighted by Crippen LogP contribution is -2.35. The first-order valence-corrected chi connectivity index (χ1v) is 13.1. The van der Waals surface area contributed by atoms with Crippen LogP contribution < -0.4 is 10.2 Å². The van der Waals surface area contributed by atoms with Crippen molar-refractivity contribution in [1.29, 1.82) is 0 Å². The number of nitrogens with one attached hydrogen (secondary N) is 2. The molecule has 0 atom stereocenters. The summed E-state index contributed by atoms with van der Waals surface area (Å²) in [5, 5.41) is 14.4. The third-order valence-electron chi connectivity index (χ3n) is 7.47. The number of hydrogen-bond donors (Lipinski definition) is 3. The predicted octanol–water partition coefficient (Wildman–Crippen LogP) is 4.63. The number of nitrogens with zero attached hydrogens (tertiary/aromatic N) is 3. The maximum atomic E-state index is 14.0. The molecule has 3 aromatic rings. The third kappa shape index (κ3) is 3.77. The molecule has 1 aromatic carbocycles. The van der Waals surface area contributed by atoms with E-state index in [1.54, 1.807) is 6.07 Å². The number of H-pyrrole nitrogens is 1. The number of halogens is 1. The van der Waals surface area contributed by atoms with E-state index in [4.69, 9.17) is 9.97 Å². The van der Waals surface area contributed by atoms with Gasteiger partial charge in [-0.25, -0.2) is 9.37 Å². The predicted molar refractivity (Wildman–Crippen MR) is 131 cm³/mol. The summed E-state index contributed by atoms with van der Waals surface area (Å²) in [4.78, 5) is 16.8. The highest BCUT2D eigenvalue weighted by molar-refractivity contribution is 7.99. The number of piperidine rings is 1. The molecular weight excluding hydrogens is 437 g/mol. The number of aryl methyl sites for hydroxylation is 2. The summed E-state index contributed by atoms with van der Waals surface area (Å²) in [5.41, 5.74) is 4.47. The zero-order valence-corrected chi connectivity index (χ0v) is 19.8. The van der Waals surface area contributed by atoms with Crippen LogP contribution in [0.5, 0.6) is 0 Å². The summed E-state index contributed by atoms with van der Waals surface area (Å²) in [6.07, 6.45) is 5.84. The van der Waals surface area contributed by atoms with Gasteiger partial charge in [-0.15, -0.1) is 11.8 Å². The van der Waals surface area contributed by atoms with E-state index in [1.165, 1.54) is 17.3 Å². The summed E-state index contributed by atoms with van der Waals surface area (Å²) in [5.74, 6) is 2.95. The fourth-order valence-corrected chi connectivity index (χ4v) is 6.41. The van der Waals surface area contributed by atoms with Crippen molar-refractivity contribution < 1.29 is 9.50 Å². The van der Waals surface area contributed by atoms with E-state index in [0.717, 1.165) is 90.6 Å². The largest absolute Gasteiger partial charge is 0.394 e. The number of thioether (sulfide) groups is 1. The number of aromatic amines is 1. The van der Waals surface area contributed by atoms with Gasteiger partial charge in [-0.05, 0) is 61.8 Å². The second-order valence-corrected chi connectivity index (χ2v) is 10.7. The molecule has 8 heteroatoms. The molecule has 0 unspecified atom stereocenters. The lowest BCUT2D eigenvalue weighted by atomic mass is 9.87. The highest BCUT2D eigenvalue weighted by Gasteiger charge is 2.43. The third-order valence-corrected chi connectivity index (χ3v) is 8.60. The number of benzene rings is 1. The monoisotopic (exact) mass is 467 g/mol. The van der Waals surface area contributed by atoms with E-state index >= 15 is 0 Å². The topological polar surface area (TPSA) is 77.1 Å². The van der Waals surface area contributed by atoms with Crippen LogP contribution in [-0.4, -0.2) is 51.0 Å². The van der Waals surface area contributed by atoms with Crippen molar-refractivity contribution in [3.8, 4) is 0 Å². The van der Waals surface area contributed by atoms with Crippen LogP contribution >= 0.6 is 11.8 Å². The van der Waals surface area contributed by atoms with Crippen LogP contribution in [0.2, 0.25) is 0 Å². The normalized spacial score (nSPS) is 19.8. The van der Waals surface area contributed by atoms with Crippen LogP contribution in [0.4, 0.5) is 16.2 Å². The van der Waals surface area contributed by atoms with E-state index in [2.05, 4.69) is 22.1 Å². The van der Waals surface area contributed by atoms with Gasteiger partial charge in [0.05, 0.1) is 22.7 Å². The first kappa shape index (κ1) is 21.2. The lowest BCUT2D eigenvalue weighted by Gasteiger charge is -2.33. The van der Waals surface area contributed by atoms with Crippen LogP contribution in [0.1, 0.15) is 55.5 Å². The Morgan fingerprint density at radius 1 is 1.27 bits per heavy atom. The molecule has 0 spiro atoms. The molecule has 174 valence electrons. The van der Waals surface area contributed by atoms with Crippen molar-refractivity contribution in [3.63, 3.8) is 0 Å². The molecule has 2 fully saturated rings. The summed E-state index contributed by atoms with van der Waals surface area (Å²) in [6.45, 7) is 4.06. The summed E-state index contributed by atoms with van der Waals surface area (Å²) in [6, 6.07) is 5.06. The van der Waals surface area contributed by atoms with E-state index in [-0.39, 0.29) is 18.0 Å². The van der Waals surface area contributed by atoms with Gasteiger partial charge in [0.25, 0.3) is 0 Å². The number of aromatic nitrogens is 3. The number of aliphatic hydroxyl groups excluding tert-OH is 1. The highest BCUT2D eigenvalue weighted by atomic mass is 32.2. The Balaban J connectivity index is 1.25. The molecule has 0 radical (unpaired) electrons. The molecule has 2 aromatic heterocycles. The number of rotatable bonds is 6. The zero-order chi connectivity index (χ0) is 22.6. The molecule has 1 saturated heterocycles. The molecule has 3 N–H and O–H groups in total. The molecule has 2 aliphatic heterocycles. The van der Waals surface area contributed by atoms with Crippen LogP contribution in [0.25, 0.3) is 10.9 Å². The van der Waals surface area contributed by atoms with E-state index in [1.807, 2.05) is 17.8 Å². The summed E-state index contributed by atoms with van der Waals surface area (Å²) >= 11 is 1.81. The Morgan fingerprint density at radius 2 is 2.09 bits per heavy atom. The van der Waals surface area contributed by atoms with Gasteiger partial charge >= 0.3 is 0 Å². The minimum Gasteiger partial charge on any atom is -0.394 e. The van der Waals surface area contributed by atoms with Crippen molar-refractivity contribution in [3.05, 3.63) is 41.0 Å². The molecule has 6 rings (SSSR count). The fraction of sp³-hybridized carbons (Fsp3) is 0.520. The number of fused-ring (bicyclic) bond motifs is 2. The molecule has 3 aliphatic rings. The second kappa shape index (κ2) is 8.17.